The van der Waals surface area contributed by atoms with Crippen LogP contribution in [0.3, 0.4) is 0 Å². The molecule has 28 heavy (non-hydrogen) atoms. The molecule has 1 aliphatic heterocycles. The molecule has 1 aromatic carbocycles. The molecule has 2 aromatic heterocycles. The summed E-state index contributed by atoms with van der Waals surface area (Å²) < 4.78 is 1.95. The van der Waals surface area contributed by atoms with Gasteiger partial charge in [-0.1, -0.05) is 41.9 Å². The predicted octanol–water partition coefficient (Wildman–Crippen LogP) is 3.48. The van der Waals surface area contributed by atoms with E-state index >= 15 is 0 Å². The normalized spacial score (nSPS) is 16.3. The Bertz CT molecular complexity index is 944. The van der Waals surface area contributed by atoms with Crippen molar-refractivity contribution in [2.45, 2.75) is 33.4 Å². The van der Waals surface area contributed by atoms with E-state index in [4.69, 9.17) is 16.7 Å². The van der Waals surface area contributed by atoms with Crippen LogP contribution in [0.25, 0.3) is 22.3 Å². The van der Waals surface area contributed by atoms with Gasteiger partial charge in [0, 0.05) is 44.3 Å². The molecule has 0 aliphatic carbocycles. The third-order valence-electron chi connectivity index (χ3n) is 5.59. The summed E-state index contributed by atoms with van der Waals surface area (Å²) in [6.07, 6.45) is 0. The second kappa shape index (κ2) is 8.15. The zero-order valence-corrected chi connectivity index (χ0v) is 17.5. The lowest BCUT2D eigenvalue weighted by atomic mass is 10.1. The molecule has 1 fully saturated rings. The summed E-state index contributed by atoms with van der Waals surface area (Å²) in [6.45, 7) is 12.7. The van der Waals surface area contributed by atoms with E-state index in [1.165, 1.54) is 0 Å². The van der Waals surface area contributed by atoms with Gasteiger partial charge >= 0.3 is 0 Å². The van der Waals surface area contributed by atoms with Crippen LogP contribution in [0.15, 0.2) is 30.3 Å². The fourth-order valence-electron chi connectivity index (χ4n) is 3.86. The van der Waals surface area contributed by atoms with E-state index in [1.807, 2.05) is 41.9 Å². The van der Waals surface area contributed by atoms with E-state index in [-0.39, 0.29) is 0 Å². The minimum atomic E-state index is 0.621. The lowest BCUT2D eigenvalue weighted by molar-refractivity contribution is 0.105. The summed E-state index contributed by atoms with van der Waals surface area (Å²) >= 11 is 6.72. The molecule has 3 aromatic rings. The second-order valence-corrected chi connectivity index (χ2v) is 8.09. The summed E-state index contributed by atoms with van der Waals surface area (Å²) in [5, 5.41) is 15.1. The lowest BCUT2D eigenvalue weighted by Gasteiger charge is -2.36. The molecule has 1 aliphatic rings. The van der Waals surface area contributed by atoms with Crippen molar-refractivity contribution in [1.29, 1.82) is 0 Å². The van der Waals surface area contributed by atoms with Crippen molar-refractivity contribution in [2.75, 3.05) is 32.7 Å². The van der Waals surface area contributed by atoms with Crippen LogP contribution in [0.1, 0.15) is 19.5 Å². The summed E-state index contributed by atoms with van der Waals surface area (Å²) in [5.41, 5.74) is 3.35. The number of nitrogens with zero attached hydrogens (tertiary/aromatic N) is 6. The van der Waals surface area contributed by atoms with Crippen LogP contribution < -0.4 is 0 Å². The fourth-order valence-corrected chi connectivity index (χ4v) is 4.23. The monoisotopic (exact) mass is 398 g/mol. The Morgan fingerprint density at radius 1 is 1.00 bits per heavy atom. The predicted molar refractivity (Wildman–Crippen MR) is 114 cm³/mol. The van der Waals surface area contributed by atoms with Crippen molar-refractivity contribution in [3.63, 3.8) is 0 Å². The largest absolute Gasteiger partial charge is 0.299 e. The Kier molecular flexibility index (Phi) is 5.62. The highest BCUT2D eigenvalue weighted by Crippen LogP contribution is 2.32. The second-order valence-electron chi connectivity index (χ2n) is 7.71. The molecule has 0 bridgehead atoms. The molecule has 7 heteroatoms. The average molecular weight is 399 g/mol. The Hall–Kier alpha value is -2.02. The first-order valence-corrected chi connectivity index (χ1v) is 10.3. The molecule has 0 atom stereocenters. The van der Waals surface area contributed by atoms with E-state index in [2.05, 4.69) is 33.8 Å². The smallest absolute Gasteiger partial charge is 0.182 e. The van der Waals surface area contributed by atoms with Gasteiger partial charge in [-0.15, -0.1) is 10.2 Å². The number of halogens is 1. The van der Waals surface area contributed by atoms with Crippen LogP contribution in [0.5, 0.6) is 0 Å². The van der Waals surface area contributed by atoms with Gasteiger partial charge in [-0.2, -0.15) is 5.10 Å². The molecule has 0 radical (unpaired) electrons. The van der Waals surface area contributed by atoms with Gasteiger partial charge in [-0.3, -0.25) is 9.80 Å². The van der Waals surface area contributed by atoms with Crippen LogP contribution in [-0.4, -0.2) is 68.5 Å². The number of hydrogen-bond donors (Lipinski definition) is 0. The first kappa shape index (κ1) is 19.3. The molecular weight excluding hydrogens is 372 g/mol. The van der Waals surface area contributed by atoms with Gasteiger partial charge in [0.05, 0.1) is 22.6 Å². The van der Waals surface area contributed by atoms with Crippen LogP contribution >= 0.6 is 11.6 Å². The van der Waals surface area contributed by atoms with Crippen molar-refractivity contribution in [2.24, 2.45) is 0 Å². The summed E-state index contributed by atoms with van der Waals surface area (Å²) in [6, 6.07) is 10.6. The lowest BCUT2D eigenvalue weighted by Crippen LogP contribution is -2.49. The van der Waals surface area contributed by atoms with Gasteiger partial charge < -0.3 is 0 Å². The maximum Gasteiger partial charge on any atom is 0.182 e. The zero-order chi connectivity index (χ0) is 19.7. The molecule has 6 nitrogen and oxygen atoms in total. The zero-order valence-electron chi connectivity index (χ0n) is 16.8. The van der Waals surface area contributed by atoms with E-state index in [0.29, 0.717) is 16.8 Å². The fraction of sp³-hybridized carbons (Fsp3) is 0.476. The SMILES string of the molecule is Cc1nn(CCN2CCN(C(C)C)CC2)c2nnc(-c3ccccc3)c(Cl)c12. The van der Waals surface area contributed by atoms with Crippen LogP contribution in [0.2, 0.25) is 5.02 Å². The van der Waals surface area contributed by atoms with Crippen molar-refractivity contribution in [1.82, 2.24) is 29.8 Å². The topological polar surface area (TPSA) is 50.1 Å². The van der Waals surface area contributed by atoms with Gasteiger partial charge in [0.2, 0.25) is 0 Å². The summed E-state index contributed by atoms with van der Waals surface area (Å²) in [5.74, 6) is 0. The van der Waals surface area contributed by atoms with Crippen molar-refractivity contribution in [3.05, 3.63) is 41.0 Å². The molecule has 0 unspecified atom stereocenters. The molecule has 148 valence electrons. The molecule has 4 rings (SSSR count). The number of benzene rings is 1. The number of fused-ring (bicyclic) bond motifs is 1. The molecule has 3 heterocycles. The van der Waals surface area contributed by atoms with E-state index < -0.39 is 0 Å². The number of rotatable bonds is 5. The minimum absolute atomic E-state index is 0.621. The van der Waals surface area contributed by atoms with Gasteiger partial charge in [0.1, 0.15) is 5.69 Å². The highest BCUT2D eigenvalue weighted by molar-refractivity contribution is 6.37. The highest BCUT2D eigenvalue weighted by atomic mass is 35.5. The Balaban J connectivity index is 1.52. The van der Waals surface area contributed by atoms with Gasteiger partial charge in [-0.05, 0) is 20.8 Å². The maximum atomic E-state index is 6.72. The van der Waals surface area contributed by atoms with Gasteiger partial charge in [0.25, 0.3) is 0 Å². The number of aromatic nitrogens is 4. The number of piperazine rings is 1. The molecule has 0 spiro atoms. The summed E-state index contributed by atoms with van der Waals surface area (Å²) in [4.78, 5) is 5.02. The molecule has 0 saturated carbocycles. The Labute approximate surface area is 171 Å². The molecular formula is C21H27ClN6. The molecule has 0 N–H and O–H groups in total. The van der Waals surface area contributed by atoms with E-state index in [0.717, 1.165) is 61.6 Å². The van der Waals surface area contributed by atoms with Gasteiger partial charge in [-0.25, -0.2) is 4.68 Å². The first-order chi connectivity index (χ1) is 13.5. The maximum absolute atomic E-state index is 6.72. The third-order valence-corrected chi connectivity index (χ3v) is 5.95. The van der Waals surface area contributed by atoms with E-state index in [9.17, 15) is 0 Å². The van der Waals surface area contributed by atoms with Crippen molar-refractivity contribution in [3.8, 4) is 11.3 Å². The summed E-state index contributed by atoms with van der Waals surface area (Å²) in [7, 11) is 0. The van der Waals surface area contributed by atoms with Crippen LogP contribution in [0, 0.1) is 6.92 Å². The van der Waals surface area contributed by atoms with Crippen LogP contribution in [0.4, 0.5) is 0 Å². The third kappa shape index (κ3) is 3.77. The van der Waals surface area contributed by atoms with Gasteiger partial charge in [0.15, 0.2) is 5.65 Å². The Morgan fingerprint density at radius 2 is 1.71 bits per heavy atom. The highest BCUT2D eigenvalue weighted by Gasteiger charge is 2.21. The molecule has 0 amide bonds. The van der Waals surface area contributed by atoms with E-state index in [1.54, 1.807) is 0 Å². The average Bonchev–Trinajstić information content (AvgIpc) is 3.04. The standard InChI is InChI=1S/C21H27ClN6/c1-15(2)27-12-9-26(10-13-27)11-14-28-21-18(16(3)25-28)19(22)20(23-24-21)17-7-5-4-6-8-17/h4-8,15H,9-14H2,1-3H3. The minimum Gasteiger partial charge on any atom is -0.299 e. The molecule has 1 saturated heterocycles. The van der Waals surface area contributed by atoms with Crippen LogP contribution in [-0.2, 0) is 6.54 Å². The van der Waals surface area contributed by atoms with Crippen molar-refractivity contribution >= 4 is 22.6 Å². The number of hydrogen-bond acceptors (Lipinski definition) is 5. The number of aryl methyl sites for hydroxylation is 1. The first-order valence-electron chi connectivity index (χ1n) is 9.95. The van der Waals surface area contributed by atoms with Crippen molar-refractivity contribution < 1.29 is 0 Å². The Morgan fingerprint density at radius 3 is 2.39 bits per heavy atom. The quantitative estimate of drug-likeness (QED) is 0.658.